The Balaban J connectivity index is 1.73. The van der Waals surface area contributed by atoms with Crippen molar-refractivity contribution in [2.24, 2.45) is 7.05 Å². The summed E-state index contributed by atoms with van der Waals surface area (Å²) in [6.07, 6.45) is 2.56. The number of nitrogens with one attached hydrogen (secondary N) is 1. The van der Waals surface area contributed by atoms with Crippen molar-refractivity contribution in [2.45, 2.75) is 13.3 Å². The van der Waals surface area contributed by atoms with Gasteiger partial charge in [0.25, 0.3) is 0 Å². The maximum Gasteiger partial charge on any atom is 0.333 e. The Morgan fingerprint density at radius 2 is 2.13 bits per heavy atom. The van der Waals surface area contributed by atoms with Crippen LogP contribution in [0.5, 0.6) is 0 Å². The number of rotatable bonds is 5. The molecule has 118 valence electrons. The van der Waals surface area contributed by atoms with Crippen molar-refractivity contribution in [3.8, 4) is 0 Å². The van der Waals surface area contributed by atoms with Crippen LogP contribution >= 0.6 is 0 Å². The van der Waals surface area contributed by atoms with E-state index in [4.69, 9.17) is 0 Å². The molecule has 1 aromatic carbocycles. The Labute approximate surface area is 133 Å². The van der Waals surface area contributed by atoms with E-state index < -0.39 is 4.92 Å². The fourth-order valence-corrected chi connectivity index (χ4v) is 2.64. The number of aryl methyl sites for hydroxylation is 2. The molecule has 0 radical (unpaired) electrons. The molecule has 3 aromatic rings. The first-order chi connectivity index (χ1) is 11.1. The molecular weight excluding hydrogens is 294 g/mol. The number of hydrogen-bond donors (Lipinski definition) is 1. The Kier molecular flexibility index (Phi) is 3.92. The highest BCUT2D eigenvalue weighted by atomic mass is 16.6. The predicted octanol–water partition coefficient (Wildman–Crippen LogP) is 2.84. The van der Waals surface area contributed by atoms with Gasteiger partial charge in [-0.1, -0.05) is 18.2 Å². The van der Waals surface area contributed by atoms with Crippen LogP contribution in [0.3, 0.4) is 0 Å². The summed E-state index contributed by atoms with van der Waals surface area (Å²) in [5, 5.41) is 19.4. The first-order valence-electron chi connectivity index (χ1n) is 7.32. The van der Waals surface area contributed by atoms with Crippen molar-refractivity contribution >= 4 is 22.4 Å². The maximum atomic E-state index is 11.1. The average Bonchev–Trinajstić information content (AvgIpc) is 2.81. The molecule has 0 atom stereocenters. The van der Waals surface area contributed by atoms with Crippen LogP contribution in [0.4, 0.5) is 11.5 Å². The van der Waals surface area contributed by atoms with Crippen molar-refractivity contribution < 1.29 is 4.92 Å². The van der Waals surface area contributed by atoms with Crippen LogP contribution in [-0.2, 0) is 13.5 Å². The number of nitro groups is 1. The number of pyridine rings is 1. The summed E-state index contributed by atoms with van der Waals surface area (Å²) < 4.78 is 1.51. The molecule has 2 aromatic heterocycles. The monoisotopic (exact) mass is 311 g/mol. The zero-order chi connectivity index (χ0) is 16.4. The minimum Gasteiger partial charge on any atom is -0.364 e. The zero-order valence-corrected chi connectivity index (χ0v) is 13.0. The first kappa shape index (κ1) is 15.0. The van der Waals surface area contributed by atoms with Crippen molar-refractivity contribution in [1.82, 2.24) is 14.8 Å². The lowest BCUT2D eigenvalue weighted by molar-refractivity contribution is -0.384. The van der Waals surface area contributed by atoms with Crippen LogP contribution in [0.2, 0.25) is 0 Å². The molecule has 0 bridgehead atoms. The number of hydrogen-bond acceptors (Lipinski definition) is 5. The van der Waals surface area contributed by atoms with E-state index in [1.807, 2.05) is 30.5 Å². The summed E-state index contributed by atoms with van der Waals surface area (Å²) in [6, 6.07) is 10.0. The number of aromatic nitrogens is 3. The van der Waals surface area contributed by atoms with Gasteiger partial charge in [-0.15, -0.1) is 0 Å². The Morgan fingerprint density at radius 1 is 1.35 bits per heavy atom. The fourth-order valence-electron chi connectivity index (χ4n) is 2.64. The minimum atomic E-state index is -0.401. The van der Waals surface area contributed by atoms with Crippen LogP contribution in [0, 0.1) is 17.0 Å². The third-order valence-electron chi connectivity index (χ3n) is 3.73. The molecular formula is C16H17N5O2. The molecule has 0 aliphatic rings. The maximum absolute atomic E-state index is 11.1. The minimum absolute atomic E-state index is 0.0316. The van der Waals surface area contributed by atoms with Crippen LogP contribution in [0.25, 0.3) is 10.9 Å². The van der Waals surface area contributed by atoms with E-state index in [0.29, 0.717) is 18.1 Å². The summed E-state index contributed by atoms with van der Waals surface area (Å²) in [7, 11) is 1.69. The zero-order valence-electron chi connectivity index (χ0n) is 13.0. The van der Waals surface area contributed by atoms with Gasteiger partial charge in [-0.3, -0.25) is 15.1 Å². The molecule has 0 fully saturated rings. The SMILES string of the molecule is Cc1nn(C)c(NCCc2cnc3ccccc3c2)c1[N+](=O)[O-]. The lowest BCUT2D eigenvalue weighted by Gasteiger charge is -2.07. The van der Waals surface area contributed by atoms with Crippen LogP contribution < -0.4 is 5.32 Å². The standard InChI is InChI=1S/C16H17N5O2/c1-11-15(21(22)23)16(20(2)19-11)17-8-7-12-9-13-5-3-4-6-14(13)18-10-12/h3-6,9-10,17H,7-8H2,1-2H3. The molecule has 2 heterocycles. The summed E-state index contributed by atoms with van der Waals surface area (Å²) in [5.74, 6) is 0.432. The highest BCUT2D eigenvalue weighted by Crippen LogP contribution is 2.27. The van der Waals surface area contributed by atoms with E-state index in [2.05, 4.69) is 21.5 Å². The highest BCUT2D eigenvalue weighted by Gasteiger charge is 2.23. The van der Waals surface area contributed by atoms with Gasteiger partial charge >= 0.3 is 5.69 Å². The molecule has 0 aliphatic heterocycles. The van der Waals surface area contributed by atoms with Gasteiger partial charge in [-0.2, -0.15) is 5.10 Å². The second kappa shape index (κ2) is 6.04. The summed E-state index contributed by atoms with van der Waals surface area (Å²) in [4.78, 5) is 15.2. The van der Waals surface area contributed by atoms with Gasteiger partial charge < -0.3 is 5.32 Å². The van der Waals surface area contributed by atoms with Crippen molar-refractivity contribution in [1.29, 1.82) is 0 Å². The molecule has 0 saturated heterocycles. The summed E-state index contributed by atoms with van der Waals surface area (Å²) in [5.41, 5.74) is 2.48. The largest absolute Gasteiger partial charge is 0.364 e. The number of benzene rings is 1. The van der Waals surface area contributed by atoms with E-state index in [-0.39, 0.29) is 5.69 Å². The van der Waals surface area contributed by atoms with Gasteiger partial charge in [0.2, 0.25) is 5.82 Å². The number of para-hydroxylation sites is 1. The van der Waals surface area contributed by atoms with Crippen molar-refractivity contribution in [2.75, 3.05) is 11.9 Å². The van der Waals surface area contributed by atoms with Gasteiger partial charge in [-0.25, -0.2) is 4.68 Å². The Morgan fingerprint density at radius 3 is 2.91 bits per heavy atom. The lowest BCUT2D eigenvalue weighted by atomic mass is 10.1. The lowest BCUT2D eigenvalue weighted by Crippen LogP contribution is -2.10. The molecule has 0 unspecified atom stereocenters. The Bertz CT molecular complexity index is 872. The Hall–Kier alpha value is -2.96. The normalized spacial score (nSPS) is 10.9. The van der Waals surface area contributed by atoms with Crippen molar-refractivity contribution in [3.63, 3.8) is 0 Å². The van der Waals surface area contributed by atoms with E-state index in [9.17, 15) is 10.1 Å². The summed E-state index contributed by atoms with van der Waals surface area (Å²) in [6.45, 7) is 2.20. The third kappa shape index (κ3) is 2.98. The second-order valence-electron chi connectivity index (χ2n) is 5.38. The van der Waals surface area contributed by atoms with Gasteiger partial charge in [0.15, 0.2) is 0 Å². The van der Waals surface area contributed by atoms with Crippen molar-refractivity contribution in [3.05, 3.63) is 57.9 Å². The van der Waals surface area contributed by atoms with Gasteiger partial charge in [0.1, 0.15) is 5.69 Å². The highest BCUT2D eigenvalue weighted by molar-refractivity contribution is 5.78. The first-order valence-corrected chi connectivity index (χ1v) is 7.32. The van der Waals surface area contributed by atoms with E-state index in [0.717, 1.165) is 22.9 Å². The van der Waals surface area contributed by atoms with Gasteiger partial charge in [0.05, 0.1) is 10.4 Å². The topological polar surface area (TPSA) is 85.9 Å². The van der Waals surface area contributed by atoms with E-state index >= 15 is 0 Å². The molecule has 23 heavy (non-hydrogen) atoms. The van der Waals surface area contributed by atoms with Gasteiger partial charge in [0, 0.05) is 25.2 Å². The molecule has 0 aliphatic carbocycles. The molecule has 3 rings (SSSR count). The third-order valence-corrected chi connectivity index (χ3v) is 3.73. The molecule has 0 saturated carbocycles. The van der Waals surface area contributed by atoms with Crippen LogP contribution in [0.15, 0.2) is 36.5 Å². The van der Waals surface area contributed by atoms with Crippen LogP contribution in [-0.4, -0.2) is 26.2 Å². The number of anilines is 1. The predicted molar refractivity (Wildman–Crippen MR) is 88.5 cm³/mol. The molecule has 7 heteroatoms. The smallest absolute Gasteiger partial charge is 0.333 e. The average molecular weight is 311 g/mol. The molecule has 1 N–H and O–H groups in total. The van der Waals surface area contributed by atoms with Gasteiger partial charge in [-0.05, 0) is 31.0 Å². The quantitative estimate of drug-likeness (QED) is 0.578. The summed E-state index contributed by atoms with van der Waals surface area (Å²) >= 11 is 0. The second-order valence-corrected chi connectivity index (χ2v) is 5.38. The molecule has 0 amide bonds. The van der Waals surface area contributed by atoms with E-state index in [1.165, 1.54) is 4.68 Å². The molecule has 0 spiro atoms. The number of fused-ring (bicyclic) bond motifs is 1. The molecule has 7 nitrogen and oxygen atoms in total. The fraction of sp³-hybridized carbons (Fsp3) is 0.250. The van der Waals surface area contributed by atoms with E-state index in [1.54, 1.807) is 14.0 Å². The number of nitrogens with zero attached hydrogens (tertiary/aromatic N) is 4. The van der Waals surface area contributed by atoms with Crippen LogP contribution in [0.1, 0.15) is 11.3 Å².